The molecule has 1 aliphatic rings. The van der Waals surface area contributed by atoms with E-state index in [1.165, 1.54) is 0 Å². The topological polar surface area (TPSA) is 48.5 Å². The molecule has 1 aliphatic heterocycles. The lowest BCUT2D eigenvalue weighted by Crippen LogP contribution is -2.30. The first-order chi connectivity index (χ1) is 10.7. The van der Waals surface area contributed by atoms with Crippen molar-refractivity contribution in [2.24, 2.45) is 5.92 Å². The SMILES string of the molecule is CCCN(CC)c1ccc(C(=O)N2CCC(CNC)C2)cn1. The first-order valence-electron chi connectivity index (χ1n) is 8.34. The van der Waals surface area contributed by atoms with Crippen LogP contribution >= 0.6 is 0 Å². The smallest absolute Gasteiger partial charge is 0.255 e. The number of aromatic nitrogens is 1. The van der Waals surface area contributed by atoms with Gasteiger partial charge in [-0.1, -0.05) is 6.92 Å². The van der Waals surface area contributed by atoms with Gasteiger partial charge in [0.25, 0.3) is 5.91 Å². The summed E-state index contributed by atoms with van der Waals surface area (Å²) in [6.07, 6.45) is 3.90. The number of nitrogens with one attached hydrogen (secondary N) is 1. The monoisotopic (exact) mass is 304 g/mol. The molecule has 0 aromatic carbocycles. The highest BCUT2D eigenvalue weighted by Crippen LogP contribution is 2.19. The van der Waals surface area contributed by atoms with Gasteiger partial charge in [-0.05, 0) is 51.4 Å². The molecule has 1 atom stereocenters. The van der Waals surface area contributed by atoms with Crippen LogP contribution in [-0.4, -0.2) is 55.6 Å². The van der Waals surface area contributed by atoms with Gasteiger partial charge in [0.2, 0.25) is 0 Å². The Morgan fingerprint density at radius 1 is 1.45 bits per heavy atom. The predicted octanol–water partition coefficient (Wildman–Crippen LogP) is 2.00. The number of rotatable bonds is 7. The molecule has 2 heterocycles. The Morgan fingerprint density at radius 2 is 2.27 bits per heavy atom. The second-order valence-corrected chi connectivity index (χ2v) is 5.95. The van der Waals surface area contributed by atoms with Gasteiger partial charge >= 0.3 is 0 Å². The van der Waals surface area contributed by atoms with Crippen molar-refractivity contribution < 1.29 is 4.79 Å². The number of likely N-dealkylation sites (tertiary alicyclic amines) is 1. The minimum Gasteiger partial charge on any atom is -0.357 e. The van der Waals surface area contributed by atoms with Crippen molar-refractivity contribution in [2.45, 2.75) is 26.7 Å². The van der Waals surface area contributed by atoms with E-state index >= 15 is 0 Å². The number of pyridine rings is 1. The first kappa shape index (κ1) is 16.7. The highest BCUT2D eigenvalue weighted by molar-refractivity contribution is 5.94. The molecule has 1 amide bonds. The Kier molecular flexibility index (Phi) is 6.19. The molecule has 1 saturated heterocycles. The number of nitrogens with zero attached hydrogens (tertiary/aromatic N) is 3. The summed E-state index contributed by atoms with van der Waals surface area (Å²) in [6.45, 7) is 8.89. The van der Waals surface area contributed by atoms with Crippen molar-refractivity contribution in [2.75, 3.05) is 44.7 Å². The van der Waals surface area contributed by atoms with Crippen molar-refractivity contribution in [3.05, 3.63) is 23.9 Å². The van der Waals surface area contributed by atoms with E-state index in [0.717, 1.165) is 51.4 Å². The van der Waals surface area contributed by atoms with E-state index < -0.39 is 0 Å². The van der Waals surface area contributed by atoms with Crippen LogP contribution < -0.4 is 10.2 Å². The number of carbonyl (C=O) groups is 1. The third-order valence-corrected chi connectivity index (χ3v) is 4.26. The zero-order chi connectivity index (χ0) is 15.9. The Labute approximate surface area is 133 Å². The van der Waals surface area contributed by atoms with Gasteiger partial charge in [-0.2, -0.15) is 0 Å². The molecular weight excluding hydrogens is 276 g/mol. The summed E-state index contributed by atoms with van der Waals surface area (Å²) in [5.74, 6) is 1.63. The van der Waals surface area contributed by atoms with E-state index in [9.17, 15) is 4.79 Å². The van der Waals surface area contributed by atoms with Crippen LogP contribution in [0.3, 0.4) is 0 Å². The zero-order valence-electron chi connectivity index (χ0n) is 14.0. The van der Waals surface area contributed by atoms with E-state index in [2.05, 4.69) is 29.0 Å². The van der Waals surface area contributed by atoms with Gasteiger partial charge in [0.1, 0.15) is 5.82 Å². The van der Waals surface area contributed by atoms with Crippen LogP contribution in [0.5, 0.6) is 0 Å². The molecule has 5 nitrogen and oxygen atoms in total. The summed E-state index contributed by atoms with van der Waals surface area (Å²) in [6, 6.07) is 3.88. The summed E-state index contributed by atoms with van der Waals surface area (Å²) >= 11 is 0. The summed E-state index contributed by atoms with van der Waals surface area (Å²) < 4.78 is 0. The number of hydrogen-bond acceptors (Lipinski definition) is 4. The molecule has 0 aliphatic carbocycles. The lowest BCUT2D eigenvalue weighted by molar-refractivity contribution is 0.0787. The molecule has 1 aromatic rings. The molecule has 2 rings (SSSR count). The average Bonchev–Trinajstić information content (AvgIpc) is 3.01. The normalized spacial score (nSPS) is 17.8. The fourth-order valence-corrected chi connectivity index (χ4v) is 3.06. The molecule has 0 bridgehead atoms. The molecular formula is C17H28N4O. The van der Waals surface area contributed by atoms with E-state index in [0.29, 0.717) is 11.5 Å². The number of anilines is 1. The lowest BCUT2D eigenvalue weighted by atomic mass is 10.1. The standard InChI is InChI=1S/C17H28N4O/c1-4-9-20(5-2)16-7-6-15(12-19-16)17(22)21-10-8-14(13-21)11-18-3/h6-7,12,14,18H,4-5,8-11,13H2,1-3H3. The third kappa shape index (κ3) is 3.97. The molecule has 1 aromatic heterocycles. The maximum absolute atomic E-state index is 12.5. The Bertz CT molecular complexity index is 474. The van der Waals surface area contributed by atoms with Crippen LogP contribution in [-0.2, 0) is 0 Å². The van der Waals surface area contributed by atoms with Gasteiger partial charge in [-0.15, -0.1) is 0 Å². The highest BCUT2D eigenvalue weighted by Gasteiger charge is 2.26. The maximum atomic E-state index is 12.5. The Hall–Kier alpha value is -1.62. The number of carbonyl (C=O) groups excluding carboxylic acids is 1. The molecule has 22 heavy (non-hydrogen) atoms. The Balaban J connectivity index is 1.99. The molecule has 0 radical (unpaired) electrons. The van der Waals surface area contributed by atoms with Crippen LogP contribution in [0, 0.1) is 5.92 Å². The summed E-state index contributed by atoms with van der Waals surface area (Å²) in [4.78, 5) is 21.2. The summed E-state index contributed by atoms with van der Waals surface area (Å²) in [5.41, 5.74) is 0.696. The zero-order valence-corrected chi connectivity index (χ0v) is 14.0. The number of hydrogen-bond donors (Lipinski definition) is 1. The summed E-state index contributed by atoms with van der Waals surface area (Å²) in [5, 5.41) is 3.19. The van der Waals surface area contributed by atoms with Gasteiger partial charge < -0.3 is 15.1 Å². The van der Waals surface area contributed by atoms with E-state index in [-0.39, 0.29) is 5.91 Å². The minimum atomic E-state index is 0.108. The van der Waals surface area contributed by atoms with Crippen molar-refractivity contribution in [3.63, 3.8) is 0 Å². The number of amides is 1. The molecule has 1 N–H and O–H groups in total. The van der Waals surface area contributed by atoms with Gasteiger partial charge in [0, 0.05) is 32.4 Å². The average molecular weight is 304 g/mol. The fraction of sp³-hybridized carbons (Fsp3) is 0.647. The maximum Gasteiger partial charge on any atom is 0.255 e. The van der Waals surface area contributed by atoms with Crippen LogP contribution in [0.2, 0.25) is 0 Å². The van der Waals surface area contributed by atoms with E-state index in [4.69, 9.17) is 0 Å². The molecule has 122 valence electrons. The molecule has 0 spiro atoms. The minimum absolute atomic E-state index is 0.108. The molecule has 1 fully saturated rings. The van der Waals surface area contributed by atoms with Crippen molar-refractivity contribution in [3.8, 4) is 0 Å². The molecule has 1 unspecified atom stereocenters. The predicted molar refractivity (Wildman–Crippen MR) is 90.4 cm³/mol. The summed E-state index contributed by atoms with van der Waals surface area (Å²) in [7, 11) is 1.96. The van der Waals surface area contributed by atoms with Crippen molar-refractivity contribution in [1.82, 2.24) is 15.2 Å². The van der Waals surface area contributed by atoms with E-state index in [1.54, 1.807) is 6.20 Å². The van der Waals surface area contributed by atoms with Crippen LogP contribution in [0.4, 0.5) is 5.82 Å². The van der Waals surface area contributed by atoms with Gasteiger partial charge in [-0.25, -0.2) is 4.98 Å². The highest BCUT2D eigenvalue weighted by atomic mass is 16.2. The quantitative estimate of drug-likeness (QED) is 0.837. The van der Waals surface area contributed by atoms with Gasteiger partial charge in [0.05, 0.1) is 5.56 Å². The van der Waals surface area contributed by atoms with Gasteiger partial charge in [0.15, 0.2) is 0 Å². The molecule has 5 heteroatoms. The van der Waals surface area contributed by atoms with Crippen molar-refractivity contribution in [1.29, 1.82) is 0 Å². The fourth-order valence-electron chi connectivity index (χ4n) is 3.06. The Morgan fingerprint density at radius 3 is 2.86 bits per heavy atom. The second kappa shape index (κ2) is 8.13. The van der Waals surface area contributed by atoms with Crippen LogP contribution in [0.1, 0.15) is 37.0 Å². The van der Waals surface area contributed by atoms with Crippen LogP contribution in [0.25, 0.3) is 0 Å². The van der Waals surface area contributed by atoms with E-state index in [1.807, 2.05) is 24.1 Å². The van der Waals surface area contributed by atoms with Crippen molar-refractivity contribution >= 4 is 11.7 Å². The second-order valence-electron chi connectivity index (χ2n) is 5.95. The third-order valence-electron chi connectivity index (χ3n) is 4.26. The largest absolute Gasteiger partial charge is 0.357 e. The lowest BCUT2D eigenvalue weighted by Gasteiger charge is -2.21. The molecule has 0 saturated carbocycles. The van der Waals surface area contributed by atoms with Crippen LogP contribution in [0.15, 0.2) is 18.3 Å². The van der Waals surface area contributed by atoms with Gasteiger partial charge in [-0.3, -0.25) is 4.79 Å². The first-order valence-corrected chi connectivity index (χ1v) is 8.34.